The summed E-state index contributed by atoms with van der Waals surface area (Å²) < 4.78 is 13.1. The number of carbonyl (C=O) groups is 2. The Labute approximate surface area is 233 Å². The molecule has 0 saturated carbocycles. The van der Waals surface area contributed by atoms with E-state index in [4.69, 9.17) is 5.11 Å². The highest BCUT2D eigenvalue weighted by atomic mass is 31.2. The van der Waals surface area contributed by atoms with E-state index >= 15 is 0 Å². The Morgan fingerprint density at radius 1 is 0.750 bits per heavy atom. The molecule has 0 aliphatic rings. The maximum atomic E-state index is 13.7. The molecule has 0 bridgehead atoms. The Kier molecular flexibility index (Phi) is 9.51. The average molecular weight is 559 g/mol. The van der Waals surface area contributed by atoms with Gasteiger partial charge in [-0.3, -0.25) is 14.2 Å². The number of anilines is 1. The number of carboxylic acid groups (broad SMARTS) is 1. The van der Waals surface area contributed by atoms with Crippen molar-refractivity contribution in [3.05, 3.63) is 126 Å². The van der Waals surface area contributed by atoms with Gasteiger partial charge in [-0.25, -0.2) is 0 Å². The monoisotopic (exact) mass is 558 g/mol. The molecule has 4 aromatic rings. The fourth-order valence-corrected chi connectivity index (χ4v) is 5.83. The van der Waals surface area contributed by atoms with Gasteiger partial charge in [0.1, 0.15) is 6.04 Å². The number of nitrogens with zero attached hydrogens (tertiary/aromatic N) is 1. The summed E-state index contributed by atoms with van der Waals surface area (Å²) in [6, 6.07) is 33.4. The molecule has 206 valence electrons. The minimum Gasteiger partial charge on any atom is -0.481 e. The van der Waals surface area contributed by atoms with Crippen molar-refractivity contribution in [3.8, 4) is 11.1 Å². The van der Waals surface area contributed by atoms with Crippen LogP contribution < -0.4 is 10.2 Å². The van der Waals surface area contributed by atoms with Gasteiger partial charge in [0.2, 0.25) is 5.91 Å². The van der Waals surface area contributed by atoms with E-state index in [9.17, 15) is 23.9 Å². The van der Waals surface area contributed by atoms with E-state index in [0.717, 1.165) is 16.7 Å². The second-order valence-corrected chi connectivity index (χ2v) is 11.0. The summed E-state index contributed by atoms with van der Waals surface area (Å²) in [5.41, 5.74) is 3.59. The third-order valence-corrected chi connectivity index (χ3v) is 7.68. The van der Waals surface area contributed by atoms with Crippen LogP contribution in [0.4, 0.5) is 5.69 Å². The predicted octanol–water partition coefficient (Wildman–Crippen LogP) is 5.24. The normalized spacial score (nSPS) is 12.8. The smallest absolute Gasteiger partial charge is 0.352 e. The van der Waals surface area contributed by atoms with E-state index in [1.54, 1.807) is 60.7 Å². The van der Waals surface area contributed by atoms with Crippen molar-refractivity contribution in [1.82, 2.24) is 5.32 Å². The SMILES string of the molecule is O=C(O)CCNC(=O)[C@@H](Cc1ccc(-c2ccccc2)cc1)N(c1ccccc1)C(c1ccccc1)P(=O)(O)O. The maximum Gasteiger partial charge on any atom is 0.352 e. The Balaban J connectivity index is 1.78. The molecule has 0 spiro atoms. The average Bonchev–Trinajstić information content (AvgIpc) is 2.95. The molecule has 0 fully saturated rings. The largest absolute Gasteiger partial charge is 0.481 e. The van der Waals surface area contributed by atoms with Crippen molar-refractivity contribution in [1.29, 1.82) is 0 Å². The number of carboxylic acids is 1. The van der Waals surface area contributed by atoms with E-state index in [-0.39, 0.29) is 19.4 Å². The van der Waals surface area contributed by atoms with Crippen LogP contribution in [0, 0.1) is 0 Å². The quantitative estimate of drug-likeness (QED) is 0.175. The van der Waals surface area contributed by atoms with Gasteiger partial charge in [-0.15, -0.1) is 0 Å². The lowest BCUT2D eigenvalue weighted by atomic mass is 9.98. The summed E-state index contributed by atoms with van der Waals surface area (Å²) in [4.78, 5) is 47.5. The summed E-state index contributed by atoms with van der Waals surface area (Å²) in [5, 5.41) is 11.8. The molecule has 8 nitrogen and oxygen atoms in total. The lowest BCUT2D eigenvalue weighted by Gasteiger charge is -2.39. The Bertz CT molecular complexity index is 1440. The number of nitrogens with one attached hydrogen (secondary N) is 1. The zero-order valence-corrected chi connectivity index (χ0v) is 22.6. The summed E-state index contributed by atoms with van der Waals surface area (Å²) in [6.07, 6.45) is -0.164. The van der Waals surface area contributed by atoms with Crippen molar-refractivity contribution in [3.63, 3.8) is 0 Å². The molecule has 0 heterocycles. The fourth-order valence-electron chi connectivity index (χ4n) is 4.65. The fraction of sp³-hybridized carbons (Fsp3) is 0.161. The first kappa shape index (κ1) is 28.8. The number of benzene rings is 4. The molecule has 0 aromatic heterocycles. The van der Waals surface area contributed by atoms with Crippen molar-refractivity contribution in [2.45, 2.75) is 24.7 Å². The molecule has 9 heteroatoms. The summed E-state index contributed by atoms with van der Waals surface area (Å²) in [7, 11) is -4.86. The second-order valence-electron chi connectivity index (χ2n) is 9.33. The highest BCUT2D eigenvalue weighted by molar-refractivity contribution is 7.52. The summed E-state index contributed by atoms with van der Waals surface area (Å²) in [6.45, 7) is -0.119. The van der Waals surface area contributed by atoms with Crippen LogP contribution in [0.1, 0.15) is 23.3 Å². The topological polar surface area (TPSA) is 127 Å². The van der Waals surface area contributed by atoms with Gasteiger partial charge in [-0.1, -0.05) is 103 Å². The van der Waals surface area contributed by atoms with E-state index in [2.05, 4.69) is 5.32 Å². The first-order valence-electron chi connectivity index (χ1n) is 12.8. The number of para-hydroxylation sites is 1. The van der Waals surface area contributed by atoms with Gasteiger partial charge in [0.15, 0.2) is 5.78 Å². The van der Waals surface area contributed by atoms with Crippen molar-refractivity contribution in [2.24, 2.45) is 0 Å². The van der Waals surface area contributed by atoms with Crippen LogP contribution in [0.2, 0.25) is 0 Å². The predicted molar refractivity (Wildman–Crippen MR) is 155 cm³/mol. The molecular formula is C31H31N2O6P. The highest BCUT2D eigenvalue weighted by Crippen LogP contribution is 2.55. The van der Waals surface area contributed by atoms with Crippen molar-refractivity contribution in [2.75, 3.05) is 11.4 Å². The minimum atomic E-state index is -4.86. The standard InChI is InChI=1S/C31H31N2O6P/c34-29(35)20-21-32-30(36)28(22-23-16-18-25(19-17-23)24-10-4-1-5-11-24)33(27-14-8-3-9-15-27)31(40(37,38)39)26-12-6-2-7-13-26/h1-19,28,31H,20-22H2,(H,32,36)(H,34,35)(H2,37,38,39)/t28-,31?/m1/s1. The van der Waals surface area contributed by atoms with Gasteiger partial charge in [0.05, 0.1) is 6.42 Å². The molecule has 0 saturated heterocycles. The third kappa shape index (κ3) is 7.45. The number of rotatable bonds is 12. The van der Waals surface area contributed by atoms with Crippen LogP contribution in [0.25, 0.3) is 11.1 Å². The molecule has 0 radical (unpaired) electrons. The van der Waals surface area contributed by atoms with Gasteiger partial charge >= 0.3 is 13.6 Å². The zero-order valence-electron chi connectivity index (χ0n) is 21.7. The first-order chi connectivity index (χ1) is 19.2. The molecule has 1 amide bonds. The number of amides is 1. The molecule has 4 rings (SSSR count). The second kappa shape index (κ2) is 13.2. The van der Waals surface area contributed by atoms with Crippen LogP contribution in [0.5, 0.6) is 0 Å². The third-order valence-electron chi connectivity index (χ3n) is 6.50. The molecular weight excluding hydrogens is 527 g/mol. The van der Waals surface area contributed by atoms with E-state index in [1.807, 2.05) is 54.6 Å². The molecule has 0 aliphatic heterocycles. The number of hydrogen-bond donors (Lipinski definition) is 4. The van der Waals surface area contributed by atoms with Gasteiger partial charge in [-0.2, -0.15) is 0 Å². The van der Waals surface area contributed by atoms with Gasteiger partial charge in [0, 0.05) is 18.7 Å². The molecule has 40 heavy (non-hydrogen) atoms. The highest BCUT2D eigenvalue weighted by Gasteiger charge is 2.42. The lowest BCUT2D eigenvalue weighted by Crippen LogP contribution is -2.50. The van der Waals surface area contributed by atoms with Gasteiger partial charge in [0.25, 0.3) is 0 Å². The summed E-state index contributed by atoms with van der Waals surface area (Å²) >= 11 is 0. The summed E-state index contributed by atoms with van der Waals surface area (Å²) in [5.74, 6) is -3.06. The number of aliphatic carboxylic acids is 1. The Morgan fingerprint density at radius 3 is 1.82 bits per heavy atom. The lowest BCUT2D eigenvalue weighted by molar-refractivity contribution is -0.136. The van der Waals surface area contributed by atoms with Crippen LogP contribution in [0.15, 0.2) is 115 Å². The Morgan fingerprint density at radius 2 is 1.27 bits per heavy atom. The molecule has 2 atom stereocenters. The van der Waals surface area contributed by atoms with E-state index in [0.29, 0.717) is 11.3 Å². The van der Waals surface area contributed by atoms with Crippen molar-refractivity contribution < 1.29 is 29.0 Å². The van der Waals surface area contributed by atoms with Crippen LogP contribution in [-0.2, 0) is 20.6 Å². The van der Waals surface area contributed by atoms with Crippen LogP contribution in [0.3, 0.4) is 0 Å². The van der Waals surface area contributed by atoms with E-state index in [1.165, 1.54) is 4.90 Å². The maximum absolute atomic E-state index is 13.7. The number of hydrogen-bond acceptors (Lipinski definition) is 4. The molecule has 1 unspecified atom stereocenters. The molecule has 0 aliphatic carbocycles. The minimum absolute atomic E-state index is 0.117. The van der Waals surface area contributed by atoms with Crippen molar-refractivity contribution >= 4 is 25.2 Å². The van der Waals surface area contributed by atoms with Crippen LogP contribution >= 0.6 is 7.60 Å². The number of carbonyl (C=O) groups excluding carboxylic acids is 1. The van der Waals surface area contributed by atoms with Gasteiger partial charge < -0.3 is 25.1 Å². The van der Waals surface area contributed by atoms with Crippen LogP contribution in [-0.4, -0.2) is 39.4 Å². The Hall–Kier alpha value is -4.23. The van der Waals surface area contributed by atoms with Gasteiger partial charge in [-0.05, 0) is 34.4 Å². The zero-order chi connectivity index (χ0) is 28.5. The molecule has 4 aromatic carbocycles. The molecule has 4 N–H and O–H groups in total. The van der Waals surface area contributed by atoms with E-state index < -0.39 is 31.3 Å². The first-order valence-corrected chi connectivity index (χ1v) is 14.5.